The predicted molar refractivity (Wildman–Crippen MR) is 123 cm³/mol. The molecule has 0 radical (unpaired) electrons. The molecule has 1 aliphatic rings. The van der Waals surface area contributed by atoms with E-state index in [2.05, 4.69) is 5.32 Å². The number of benzene rings is 2. The standard InChI is InChI=1S/C25H26ClNO4/c26-20-10-4-3-8-18(20)14-16-24(29)31-17-7-1-2-9-19-13-15-22(25(19)30)27-21-11-5-6-12-23(21)28/h3-6,8-12,14,16,22,27-28H,1-2,7,13,15,17H2/b16-14+,19-9+. The first-order valence-electron chi connectivity index (χ1n) is 10.4. The summed E-state index contributed by atoms with van der Waals surface area (Å²) in [5, 5.41) is 13.6. The van der Waals surface area contributed by atoms with Gasteiger partial charge in [-0.3, -0.25) is 4.79 Å². The highest BCUT2D eigenvalue weighted by Gasteiger charge is 2.29. The number of halogens is 1. The molecule has 31 heavy (non-hydrogen) atoms. The van der Waals surface area contributed by atoms with Gasteiger partial charge in [0.25, 0.3) is 0 Å². The zero-order valence-corrected chi connectivity index (χ0v) is 18.0. The Balaban J connectivity index is 1.35. The van der Waals surface area contributed by atoms with E-state index < -0.39 is 5.97 Å². The Labute approximate surface area is 187 Å². The molecule has 0 amide bonds. The first-order chi connectivity index (χ1) is 15.0. The molecule has 1 aliphatic carbocycles. The van der Waals surface area contributed by atoms with Crippen LogP contribution in [-0.2, 0) is 14.3 Å². The van der Waals surface area contributed by atoms with Crippen LogP contribution in [0.15, 0.2) is 66.3 Å². The van der Waals surface area contributed by atoms with E-state index >= 15 is 0 Å². The van der Waals surface area contributed by atoms with Crippen molar-refractivity contribution in [2.75, 3.05) is 11.9 Å². The summed E-state index contributed by atoms with van der Waals surface area (Å²) in [6, 6.07) is 13.9. The minimum absolute atomic E-state index is 0.0828. The molecule has 162 valence electrons. The van der Waals surface area contributed by atoms with E-state index in [9.17, 15) is 14.7 Å². The molecule has 1 unspecified atom stereocenters. The Morgan fingerprint density at radius 3 is 2.74 bits per heavy atom. The molecule has 0 spiro atoms. The average Bonchev–Trinajstić information content (AvgIpc) is 3.11. The first-order valence-corrected chi connectivity index (χ1v) is 10.8. The van der Waals surface area contributed by atoms with Crippen molar-refractivity contribution in [2.24, 2.45) is 0 Å². The van der Waals surface area contributed by atoms with E-state index in [-0.39, 0.29) is 17.6 Å². The minimum atomic E-state index is -0.401. The summed E-state index contributed by atoms with van der Waals surface area (Å²) in [6.07, 6.45) is 8.75. The lowest BCUT2D eigenvalue weighted by molar-refractivity contribution is -0.137. The molecule has 1 fully saturated rings. The van der Waals surface area contributed by atoms with E-state index in [1.165, 1.54) is 6.08 Å². The second-order valence-corrected chi connectivity index (χ2v) is 7.77. The molecule has 2 aromatic rings. The van der Waals surface area contributed by atoms with Gasteiger partial charge in [0.15, 0.2) is 5.78 Å². The Morgan fingerprint density at radius 1 is 1.16 bits per heavy atom. The molecule has 2 aromatic carbocycles. The lowest BCUT2D eigenvalue weighted by Crippen LogP contribution is -2.24. The van der Waals surface area contributed by atoms with Gasteiger partial charge in [-0.1, -0.05) is 48.0 Å². The Hall–Kier alpha value is -3.05. The molecule has 0 bridgehead atoms. The number of ketones is 1. The molecule has 6 heteroatoms. The number of phenolic OH excluding ortho intramolecular Hbond substituents is 1. The number of aromatic hydroxyl groups is 1. The number of carbonyl (C=O) groups is 2. The van der Waals surface area contributed by atoms with Gasteiger partial charge in [0, 0.05) is 11.1 Å². The maximum Gasteiger partial charge on any atom is 0.330 e. The Morgan fingerprint density at radius 2 is 1.94 bits per heavy atom. The third kappa shape index (κ3) is 6.72. The number of nitrogens with one attached hydrogen (secondary N) is 1. The van der Waals surface area contributed by atoms with E-state index in [1.54, 1.807) is 30.3 Å². The number of phenols is 1. The van der Waals surface area contributed by atoms with Gasteiger partial charge in [0.1, 0.15) is 5.75 Å². The van der Waals surface area contributed by atoms with Gasteiger partial charge < -0.3 is 15.2 Å². The topological polar surface area (TPSA) is 75.6 Å². The number of rotatable bonds is 9. The van der Waals surface area contributed by atoms with Gasteiger partial charge in [-0.15, -0.1) is 0 Å². The zero-order chi connectivity index (χ0) is 22.1. The van der Waals surface area contributed by atoms with Crippen LogP contribution in [0.4, 0.5) is 5.69 Å². The third-order valence-electron chi connectivity index (χ3n) is 5.11. The third-order valence-corrected chi connectivity index (χ3v) is 5.45. The van der Waals surface area contributed by atoms with Crippen molar-refractivity contribution in [1.82, 2.24) is 0 Å². The molecular formula is C25H26ClNO4. The number of esters is 1. The van der Waals surface area contributed by atoms with Crippen LogP contribution in [0.25, 0.3) is 6.08 Å². The number of hydrogen-bond donors (Lipinski definition) is 2. The highest BCUT2D eigenvalue weighted by Crippen LogP contribution is 2.29. The zero-order valence-electron chi connectivity index (χ0n) is 17.2. The highest BCUT2D eigenvalue weighted by molar-refractivity contribution is 6.32. The molecule has 0 heterocycles. The van der Waals surface area contributed by atoms with Gasteiger partial charge in [-0.2, -0.15) is 0 Å². The number of para-hydroxylation sites is 2. The second kappa shape index (κ2) is 11.4. The number of ether oxygens (including phenoxy) is 1. The normalized spacial score (nSPS) is 17.4. The number of unbranched alkanes of at least 4 members (excludes halogenated alkanes) is 2. The van der Waals surface area contributed by atoms with Crippen LogP contribution >= 0.6 is 11.6 Å². The highest BCUT2D eigenvalue weighted by atomic mass is 35.5. The van der Waals surface area contributed by atoms with Crippen LogP contribution in [0.2, 0.25) is 5.02 Å². The fraction of sp³-hybridized carbons (Fsp3) is 0.280. The maximum absolute atomic E-state index is 12.5. The number of allylic oxidation sites excluding steroid dienone is 1. The number of anilines is 1. The smallest absolute Gasteiger partial charge is 0.330 e. The van der Waals surface area contributed by atoms with Crippen molar-refractivity contribution in [1.29, 1.82) is 0 Å². The van der Waals surface area contributed by atoms with Crippen molar-refractivity contribution in [3.8, 4) is 5.75 Å². The predicted octanol–water partition coefficient (Wildman–Crippen LogP) is 5.54. The summed E-state index contributed by atoms with van der Waals surface area (Å²) < 4.78 is 5.20. The number of Topliss-reactive ketones (excluding diaryl/α,β-unsaturated/α-hetero) is 1. The monoisotopic (exact) mass is 439 g/mol. The van der Waals surface area contributed by atoms with Gasteiger partial charge >= 0.3 is 5.97 Å². The van der Waals surface area contributed by atoms with E-state index in [0.717, 1.165) is 36.8 Å². The molecule has 5 nitrogen and oxygen atoms in total. The molecular weight excluding hydrogens is 414 g/mol. The van der Waals surface area contributed by atoms with Crippen molar-refractivity contribution in [3.05, 3.63) is 76.8 Å². The lowest BCUT2D eigenvalue weighted by Gasteiger charge is -2.13. The Kier molecular flexibility index (Phi) is 8.30. The van der Waals surface area contributed by atoms with Crippen LogP contribution < -0.4 is 5.32 Å². The summed E-state index contributed by atoms with van der Waals surface area (Å²) in [5.74, 6) is -0.175. The summed E-state index contributed by atoms with van der Waals surface area (Å²) in [5.41, 5.74) is 2.17. The van der Waals surface area contributed by atoms with Gasteiger partial charge in [0.05, 0.1) is 18.3 Å². The van der Waals surface area contributed by atoms with Crippen LogP contribution in [0.5, 0.6) is 5.75 Å². The van der Waals surface area contributed by atoms with Crippen LogP contribution in [0, 0.1) is 0 Å². The second-order valence-electron chi connectivity index (χ2n) is 7.36. The van der Waals surface area contributed by atoms with Crippen molar-refractivity contribution >= 4 is 35.1 Å². The molecule has 0 aliphatic heterocycles. The summed E-state index contributed by atoms with van der Waals surface area (Å²) in [4.78, 5) is 24.3. The molecule has 1 saturated carbocycles. The fourth-order valence-electron chi connectivity index (χ4n) is 3.41. The fourth-order valence-corrected chi connectivity index (χ4v) is 3.61. The van der Waals surface area contributed by atoms with Crippen molar-refractivity contribution in [2.45, 2.75) is 38.1 Å². The Bertz CT molecular complexity index is 983. The molecule has 1 atom stereocenters. The molecule has 0 saturated heterocycles. The molecule has 2 N–H and O–H groups in total. The SMILES string of the molecule is O=C(/C=C/c1ccccc1Cl)OCCCC/C=C1\CCC(Nc2ccccc2O)C1=O. The van der Waals surface area contributed by atoms with E-state index in [1.807, 2.05) is 30.3 Å². The first kappa shape index (κ1) is 22.6. The lowest BCUT2D eigenvalue weighted by atomic mass is 10.1. The summed E-state index contributed by atoms with van der Waals surface area (Å²) in [6.45, 7) is 0.334. The average molecular weight is 440 g/mol. The van der Waals surface area contributed by atoms with Crippen molar-refractivity contribution in [3.63, 3.8) is 0 Å². The maximum atomic E-state index is 12.5. The summed E-state index contributed by atoms with van der Waals surface area (Å²) in [7, 11) is 0. The van der Waals surface area contributed by atoms with E-state index in [0.29, 0.717) is 23.7 Å². The van der Waals surface area contributed by atoms with Crippen LogP contribution in [0.3, 0.4) is 0 Å². The molecule has 3 rings (SSSR count). The number of hydrogen-bond acceptors (Lipinski definition) is 5. The van der Waals surface area contributed by atoms with Crippen LogP contribution in [-0.4, -0.2) is 29.5 Å². The van der Waals surface area contributed by atoms with Crippen molar-refractivity contribution < 1.29 is 19.4 Å². The largest absolute Gasteiger partial charge is 0.506 e. The van der Waals surface area contributed by atoms with Gasteiger partial charge in [-0.25, -0.2) is 4.79 Å². The van der Waals surface area contributed by atoms with Crippen LogP contribution in [0.1, 0.15) is 37.7 Å². The van der Waals surface area contributed by atoms with Gasteiger partial charge in [0.2, 0.25) is 0 Å². The number of carbonyl (C=O) groups excluding carboxylic acids is 2. The van der Waals surface area contributed by atoms with E-state index in [4.69, 9.17) is 16.3 Å². The quantitative estimate of drug-likeness (QED) is 0.232. The minimum Gasteiger partial charge on any atom is -0.506 e. The summed E-state index contributed by atoms with van der Waals surface area (Å²) >= 11 is 6.04. The van der Waals surface area contributed by atoms with Gasteiger partial charge in [-0.05, 0) is 67.5 Å². The molecule has 0 aromatic heterocycles.